The molecule has 2 saturated carbocycles. The zero-order valence-electron chi connectivity index (χ0n) is 13.8. The molecule has 0 radical (unpaired) electrons. The summed E-state index contributed by atoms with van der Waals surface area (Å²) in [6, 6.07) is 0.571. The number of fused-ring (bicyclic) bond motifs is 2. The van der Waals surface area contributed by atoms with Gasteiger partial charge in [0.2, 0.25) is 0 Å². The lowest BCUT2D eigenvalue weighted by atomic mass is 9.70. The van der Waals surface area contributed by atoms with E-state index in [2.05, 4.69) is 46.9 Å². The maximum Gasteiger partial charge on any atom is 0.0636 e. The van der Waals surface area contributed by atoms with Gasteiger partial charge in [0.15, 0.2) is 0 Å². The molecule has 0 aromatic carbocycles. The second kappa shape index (κ2) is 5.37. The van der Waals surface area contributed by atoms with Crippen molar-refractivity contribution in [3.8, 4) is 0 Å². The summed E-state index contributed by atoms with van der Waals surface area (Å²) in [5.41, 5.74) is 0.875. The fourth-order valence-corrected chi connectivity index (χ4v) is 4.16. The first-order chi connectivity index (χ1) is 8.77. The normalized spacial score (nSPS) is 38.1. The molecule has 1 N–H and O–H groups in total. The van der Waals surface area contributed by atoms with Gasteiger partial charge in [0.1, 0.15) is 0 Å². The van der Waals surface area contributed by atoms with E-state index in [1.54, 1.807) is 0 Å². The second-order valence-electron chi connectivity index (χ2n) is 8.10. The Morgan fingerprint density at radius 1 is 1.21 bits per heavy atom. The van der Waals surface area contributed by atoms with Crippen LogP contribution in [0, 0.1) is 22.7 Å². The summed E-state index contributed by atoms with van der Waals surface area (Å²) in [7, 11) is 0. The Morgan fingerprint density at radius 3 is 2.37 bits per heavy atom. The van der Waals surface area contributed by atoms with E-state index in [1.807, 2.05) is 0 Å². The molecular formula is C17H33NO. The number of nitrogens with one attached hydrogen (secondary N) is 1. The molecule has 0 saturated heterocycles. The minimum absolute atomic E-state index is 0.406. The molecule has 2 aliphatic rings. The molecule has 2 fully saturated rings. The lowest BCUT2D eigenvalue weighted by molar-refractivity contribution is -0.0568. The van der Waals surface area contributed by atoms with E-state index < -0.39 is 0 Å². The van der Waals surface area contributed by atoms with Crippen LogP contribution in [-0.2, 0) is 4.74 Å². The highest BCUT2D eigenvalue weighted by Crippen LogP contribution is 2.66. The van der Waals surface area contributed by atoms with E-state index in [-0.39, 0.29) is 0 Å². The van der Waals surface area contributed by atoms with Crippen molar-refractivity contribution in [1.82, 2.24) is 5.32 Å². The number of hydrogen-bond acceptors (Lipinski definition) is 2. The predicted molar refractivity (Wildman–Crippen MR) is 81.3 cm³/mol. The first-order valence-electron chi connectivity index (χ1n) is 8.12. The van der Waals surface area contributed by atoms with Crippen LogP contribution in [0.1, 0.15) is 60.8 Å². The average molecular weight is 267 g/mol. The van der Waals surface area contributed by atoms with Crippen molar-refractivity contribution in [1.29, 1.82) is 0 Å². The van der Waals surface area contributed by atoms with Gasteiger partial charge in [-0.05, 0) is 41.9 Å². The molecule has 112 valence electrons. The van der Waals surface area contributed by atoms with Gasteiger partial charge in [0.05, 0.1) is 12.7 Å². The van der Waals surface area contributed by atoms with Crippen LogP contribution in [0.2, 0.25) is 0 Å². The fourth-order valence-electron chi connectivity index (χ4n) is 4.16. The minimum Gasteiger partial charge on any atom is -0.377 e. The smallest absolute Gasteiger partial charge is 0.0636 e. The fraction of sp³-hybridized carbons (Fsp3) is 1.00. The van der Waals surface area contributed by atoms with E-state index in [1.165, 1.54) is 19.3 Å². The molecule has 0 aromatic heterocycles. The van der Waals surface area contributed by atoms with Crippen molar-refractivity contribution in [3.63, 3.8) is 0 Å². The van der Waals surface area contributed by atoms with E-state index in [4.69, 9.17) is 4.74 Å². The molecule has 4 atom stereocenters. The van der Waals surface area contributed by atoms with Crippen LogP contribution in [0.15, 0.2) is 0 Å². The zero-order valence-corrected chi connectivity index (χ0v) is 13.8. The van der Waals surface area contributed by atoms with E-state index >= 15 is 0 Å². The monoisotopic (exact) mass is 267 g/mol. The van der Waals surface area contributed by atoms with Crippen molar-refractivity contribution in [2.24, 2.45) is 22.7 Å². The summed E-state index contributed by atoms with van der Waals surface area (Å²) >= 11 is 0. The van der Waals surface area contributed by atoms with Crippen LogP contribution in [0.5, 0.6) is 0 Å². The predicted octanol–water partition coefficient (Wildman–Crippen LogP) is 3.85. The highest BCUT2D eigenvalue weighted by atomic mass is 16.5. The Hall–Kier alpha value is -0.0800. The molecule has 4 unspecified atom stereocenters. The van der Waals surface area contributed by atoms with Crippen molar-refractivity contribution in [3.05, 3.63) is 0 Å². The Labute approximate surface area is 119 Å². The quantitative estimate of drug-likeness (QED) is 0.789. The van der Waals surface area contributed by atoms with Crippen molar-refractivity contribution in [2.75, 3.05) is 13.2 Å². The molecule has 19 heavy (non-hydrogen) atoms. The maximum absolute atomic E-state index is 6.33. The van der Waals surface area contributed by atoms with E-state index in [9.17, 15) is 0 Å². The first-order valence-corrected chi connectivity index (χ1v) is 8.12. The van der Waals surface area contributed by atoms with Gasteiger partial charge < -0.3 is 10.1 Å². The largest absolute Gasteiger partial charge is 0.377 e. The molecule has 0 spiro atoms. The molecule has 2 bridgehead atoms. The van der Waals surface area contributed by atoms with Crippen LogP contribution < -0.4 is 5.32 Å². The molecule has 2 rings (SSSR count). The number of rotatable bonds is 6. The Balaban J connectivity index is 1.82. The third kappa shape index (κ3) is 2.71. The van der Waals surface area contributed by atoms with Gasteiger partial charge in [-0.25, -0.2) is 0 Å². The van der Waals surface area contributed by atoms with Crippen molar-refractivity contribution >= 4 is 0 Å². The highest BCUT2D eigenvalue weighted by molar-refractivity contribution is 5.11. The van der Waals surface area contributed by atoms with Gasteiger partial charge in [-0.2, -0.15) is 0 Å². The van der Waals surface area contributed by atoms with Gasteiger partial charge in [-0.1, -0.05) is 41.5 Å². The van der Waals surface area contributed by atoms with Crippen molar-refractivity contribution in [2.45, 2.75) is 73.0 Å². The topological polar surface area (TPSA) is 21.3 Å². The Kier molecular flexibility index (Phi) is 4.32. The summed E-state index contributed by atoms with van der Waals surface area (Å²) < 4.78 is 6.33. The van der Waals surface area contributed by atoms with Crippen LogP contribution >= 0.6 is 0 Å². The molecular weight excluding hydrogens is 234 g/mol. The third-order valence-corrected chi connectivity index (χ3v) is 6.17. The zero-order chi connectivity index (χ0) is 14.3. The van der Waals surface area contributed by atoms with Crippen LogP contribution in [-0.4, -0.2) is 25.3 Å². The van der Waals surface area contributed by atoms with E-state index in [0.29, 0.717) is 28.9 Å². The van der Waals surface area contributed by atoms with Gasteiger partial charge >= 0.3 is 0 Å². The number of ether oxygens (including phenoxy) is 1. The summed E-state index contributed by atoms with van der Waals surface area (Å²) in [6.07, 6.45) is 4.54. The van der Waals surface area contributed by atoms with Crippen LogP contribution in [0.3, 0.4) is 0 Å². The SMILES string of the molecule is CC(CNC(C)C)COC1CC2CCC1(C)C2(C)C. The number of hydrogen-bond donors (Lipinski definition) is 1. The second-order valence-corrected chi connectivity index (χ2v) is 8.10. The highest BCUT2D eigenvalue weighted by Gasteiger charge is 2.61. The molecule has 2 heteroatoms. The van der Waals surface area contributed by atoms with Gasteiger partial charge in [0.25, 0.3) is 0 Å². The molecule has 0 amide bonds. The van der Waals surface area contributed by atoms with Gasteiger partial charge in [0, 0.05) is 12.6 Å². The van der Waals surface area contributed by atoms with Crippen molar-refractivity contribution < 1.29 is 4.74 Å². The molecule has 0 aliphatic heterocycles. The minimum atomic E-state index is 0.406. The lowest BCUT2D eigenvalue weighted by Gasteiger charge is -2.39. The summed E-state index contributed by atoms with van der Waals surface area (Å²) in [5, 5.41) is 3.50. The summed E-state index contributed by atoms with van der Waals surface area (Å²) in [4.78, 5) is 0. The average Bonchev–Trinajstić information content (AvgIpc) is 2.66. The molecule has 0 aromatic rings. The van der Waals surface area contributed by atoms with E-state index in [0.717, 1.165) is 19.1 Å². The Morgan fingerprint density at radius 2 is 1.89 bits per heavy atom. The molecule has 0 heterocycles. The maximum atomic E-state index is 6.33. The molecule has 2 nitrogen and oxygen atoms in total. The standard InChI is InChI=1S/C17H33NO/c1-12(2)18-10-13(3)11-19-15-9-14-7-8-17(15,6)16(14,4)5/h12-15,18H,7-11H2,1-6H3. The first kappa shape index (κ1) is 15.3. The van der Waals surface area contributed by atoms with Crippen LogP contribution in [0.25, 0.3) is 0 Å². The summed E-state index contributed by atoms with van der Waals surface area (Å²) in [5.74, 6) is 1.49. The van der Waals surface area contributed by atoms with Crippen LogP contribution in [0.4, 0.5) is 0 Å². The summed E-state index contributed by atoms with van der Waals surface area (Å²) in [6.45, 7) is 16.0. The third-order valence-electron chi connectivity index (χ3n) is 6.17. The molecule has 2 aliphatic carbocycles. The lowest BCUT2D eigenvalue weighted by Crippen LogP contribution is -2.38. The van der Waals surface area contributed by atoms with Gasteiger partial charge in [-0.3, -0.25) is 0 Å². The Bertz CT molecular complexity index is 312. The van der Waals surface area contributed by atoms with Gasteiger partial charge in [-0.15, -0.1) is 0 Å².